The van der Waals surface area contributed by atoms with Crippen LogP contribution in [0.2, 0.25) is 0 Å². The minimum atomic E-state index is -1.03. The van der Waals surface area contributed by atoms with Crippen molar-refractivity contribution in [3.63, 3.8) is 0 Å². The van der Waals surface area contributed by atoms with Crippen LogP contribution >= 0.6 is 0 Å². The van der Waals surface area contributed by atoms with Crippen molar-refractivity contribution < 1.29 is 14.7 Å². The Hall–Kier alpha value is -3.87. The molecule has 1 amide bonds. The maximum absolute atomic E-state index is 12.7. The van der Waals surface area contributed by atoms with Crippen molar-refractivity contribution in [1.29, 1.82) is 0 Å². The average Bonchev–Trinajstić information content (AvgIpc) is 3.10. The smallest absolute Gasteiger partial charge is 0.303 e. The minimum absolute atomic E-state index is 0.108. The molecule has 0 radical (unpaired) electrons. The van der Waals surface area contributed by atoms with Gasteiger partial charge in [0.2, 0.25) is 5.91 Å². The van der Waals surface area contributed by atoms with Gasteiger partial charge in [-0.05, 0) is 29.7 Å². The second-order valence-electron chi connectivity index (χ2n) is 6.50. The summed E-state index contributed by atoms with van der Waals surface area (Å²) in [4.78, 5) is 41.1. The van der Waals surface area contributed by atoms with Crippen LogP contribution < -0.4 is 10.9 Å². The second-order valence-corrected chi connectivity index (χ2v) is 6.50. The lowest BCUT2D eigenvalue weighted by molar-refractivity contribution is -0.138. The molecule has 4 rings (SSSR count). The van der Waals surface area contributed by atoms with Gasteiger partial charge in [-0.3, -0.25) is 14.4 Å². The number of nitrogens with one attached hydrogen (secondary N) is 3. The largest absolute Gasteiger partial charge is 0.481 e. The number of hydrogen-bond donors (Lipinski definition) is 4. The number of pyridine rings is 1. The first-order chi connectivity index (χ1) is 13.5. The zero-order valence-corrected chi connectivity index (χ0v) is 14.8. The number of rotatable bonds is 5. The highest BCUT2D eigenvalue weighted by Crippen LogP contribution is 2.28. The number of aliphatic carboxylic acids is 1. The van der Waals surface area contributed by atoms with Crippen LogP contribution in [0.25, 0.3) is 32.9 Å². The van der Waals surface area contributed by atoms with E-state index in [0.29, 0.717) is 16.8 Å². The first kappa shape index (κ1) is 17.5. The quantitative estimate of drug-likeness (QED) is 0.427. The van der Waals surface area contributed by atoms with Gasteiger partial charge < -0.3 is 20.4 Å². The van der Waals surface area contributed by atoms with E-state index in [2.05, 4.69) is 15.3 Å². The van der Waals surface area contributed by atoms with Gasteiger partial charge in [-0.2, -0.15) is 0 Å². The summed E-state index contributed by atoms with van der Waals surface area (Å²) in [5, 5.41) is 13.1. The summed E-state index contributed by atoms with van der Waals surface area (Å²) in [6, 6.07) is 14.8. The van der Waals surface area contributed by atoms with Gasteiger partial charge in [0.05, 0.1) is 11.9 Å². The van der Waals surface area contributed by atoms with Gasteiger partial charge in [0, 0.05) is 40.3 Å². The van der Waals surface area contributed by atoms with Crippen molar-refractivity contribution in [2.24, 2.45) is 0 Å². The van der Waals surface area contributed by atoms with Crippen LogP contribution in [0, 0.1) is 0 Å². The maximum Gasteiger partial charge on any atom is 0.303 e. The van der Waals surface area contributed by atoms with Crippen molar-refractivity contribution in [3.8, 4) is 11.1 Å². The Balaban J connectivity index is 1.68. The van der Waals surface area contributed by atoms with Crippen molar-refractivity contribution >= 4 is 39.4 Å². The van der Waals surface area contributed by atoms with Gasteiger partial charge in [0.25, 0.3) is 5.56 Å². The van der Waals surface area contributed by atoms with Gasteiger partial charge in [0.1, 0.15) is 0 Å². The molecule has 7 nitrogen and oxygen atoms in total. The fourth-order valence-corrected chi connectivity index (χ4v) is 3.22. The van der Waals surface area contributed by atoms with E-state index in [9.17, 15) is 14.4 Å². The number of aromatic nitrogens is 2. The Bertz CT molecular complexity index is 1270. The zero-order chi connectivity index (χ0) is 19.7. The number of carbonyl (C=O) groups excluding carboxylic acids is 1. The van der Waals surface area contributed by atoms with Crippen LogP contribution in [0.3, 0.4) is 0 Å². The number of benzene rings is 2. The van der Waals surface area contributed by atoms with E-state index in [0.717, 1.165) is 21.9 Å². The van der Waals surface area contributed by atoms with Crippen LogP contribution in [-0.4, -0.2) is 27.0 Å². The summed E-state index contributed by atoms with van der Waals surface area (Å²) >= 11 is 0. The number of fused-ring (bicyclic) bond motifs is 2. The SMILES string of the molecule is O=C(O)CCC(=O)Nc1ccc2cc(-c3c[nH]c4ccccc34)c(=O)[nH]c2c1. The Morgan fingerprint density at radius 2 is 1.79 bits per heavy atom. The summed E-state index contributed by atoms with van der Waals surface area (Å²) in [7, 11) is 0. The third-order valence-corrected chi connectivity index (χ3v) is 4.58. The van der Waals surface area contributed by atoms with Crippen molar-refractivity contribution in [2.75, 3.05) is 5.32 Å². The summed E-state index contributed by atoms with van der Waals surface area (Å²) in [5.74, 6) is -1.41. The average molecular weight is 375 g/mol. The van der Waals surface area contributed by atoms with Crippen molar-refractivity contribution in [2.45, 2.75) is 12.8 Å². The molecule has 0 unspecified atom stereocenters. The van der Waals surface area contributed by atoms with Gasteiger partial charge in [0.15, 0.2) is 0 Å². The van der Waals surface area contributed by atoms with Gasteiger partial charge in [-0.15, -0.1) is 0 Å². The van der Waals surface area contributed by atoms with E-state index >= 15 is 0 Å². The van der Waals surface area contributed by atoms with Gasteiger partial charge >= 0.3 is 5.97 Å². The summed E-state index contributed by atoms with van der Waals surface area (Å²) in [6.07, 6.45) is 1.48. The molecule has 140 valence electrons. The summed E-state index contributed by atoms with van der Waals surface area (Å²) in [6.45, 7) is 0. The molecule has 7 heteroatoms. The lowest BCUT2D eigenvalue weighted by Crippen LogP contribution is -2.13. The number of carboxylic acid groups (broad SMARTS) is 1. The second kappa shape index (κ2) is 7.03. The summed E-state index contributed by atoms with van der Waals surface area (Å²) in [5.41, 5.74) is 3.19. The highest BCUT2D eigenvalue weighted by Gasteiger charge is 2.12. The number of anilines is 1. The number of hydrogen-bond acceptors (Lipinski definition) is 3. The first-order valence-corrected chi connectivity index (χ1v) is 8.76. The molecule has 4 N–H and O–H groups in total. The van der Waals surface area contributed by atoms with E-state index in [1.165, 1.54) is 0 Å². The number of para-hydroxylation sites is 1. The molecule has 0 atom stereocenters. The number of carbonyl (C=O) groups is 2. The molecule has 0 spiro atoms. The van der Waals surface area contributed by atoms with Crippen LogP contribution in [-0.2, 0) is 9.59 Å². The molecular weight excluding hydrogens is 358 g/mol. The van der Waals surface area contributed by atoms with Gasteiger partial charge in [-0.25, -0.2) is 0 Å². The molecule has 28 heavy (non-hydrogen) atoms. The monoisotopic (exact) mass is 375 g/mol. The number of amides is 1. The maximum atomic E-state index is 12.7. The van der Waals surface area contributed by atoms with E-state index in [4.69, 9.17) is 5.11 Å². The van der Waals surface area contributed by atoms with Crippen LogP contribution in [0.15, 0.2) is 59.5 Å². The van der Waals surface area contributed by atoms with E-state index in [1.807, 2.05) is 36.5 Å². The van der Waals surface area contributed by atoms with Gasteiger partial charge in [-0.1, -0.05) is 24.3 Å². The Morgan fingerprint density at radius 1 is 0.964 bits per heavy atom. The van der Waals surface area contributed by atoms with Crippen LogP contribution in [0.1, 0.15) is 12.8 Å². The van der Waals surface area contributed by atoms with Crippen LogP contribution in [0.4, 0.5) is 5.69 Å². The minimum Gasteiger partial charge on any atom is -0.481 e. The zero-order valence-electron chi connectivity index (χ0n) is 14.8. The highest BCUT2D eigenvalue weighted by atomic mass is 16.4. The predicted molar refractivity (Wildman–Crippen MR) is 107 cm³/mol. The fraction of sp³-hybridized carbons (Fsp3) is 0.0952. The Kier molecular flexibility index (Phi) is 4.41. The molecule has 0 saturated heterocycles. The Labute approximate surface area is 159 Å². The molecule has 2 heterocycles. The summed E-state index contributed by atoms with van der Waals surface area (Å²) < 4.78 is 0. The molecule has 4 aromatic rings. The normalized spacial score (nSPS) is 11.0. The van der Waals surface area contributed by atoms with Crippen molar-refractivity contribution in [1.82, 2.24) is 9.97 Å². The topological polar surface area (TPSA) is 115 Å². The number of carboxylic acids is 1. The molecule has 0 aliphatic rings. The molecule has 2 aromatic carbocycles. The number of H-pyrrole nitrogens is 2. The molecule has 0 fully saturated rings. The molecule has 0 bridgehead atoms. The predicted octanol–water partition coefficient (Wildman–Crippen LogP) is 3.48. The standard InChI is InChI=1S/C21H17N3O4/c25-19(7-8-20(26)27)23-13-6-5-12-9-15(21(28)24-18(12)10-13)16-11-22-17-4-2-1-3-14(16)17/h1-6,9-11,22H,7-8H2,(H,23,25)(H,24,28)(H,26,27). The number of aromatic amines is 2. The molecule has 2 aromatic heterocycles. The lowest BCUT2D eigenvalue weighted by atomic mass is 10.0. The third kappa shape index (κ3) is 3.37. The molecule has 0 saturated carbocycles. The Morgan fingerprint density at radius 3 is 2.61 bits per heavy atom. The van der Waals surface area contributed by atoms with E-state index < -0.39 is 5.97 Å². The molecule has 0 aliphatic heterocycles. The van der Waals surface area contributed by atoms with Crippen molar-refractivity contribution in [3.05, 3.63) is 65.1 Å². The molecule has 0 aliphatic carbocycles. The third-order valence-electron chi connectivity index (χ3n) is 4.58. The molecular formula is C21H17N3O4. The highest BCUT2D eigenvalue weighted by molar-refractivity contribution is 5.98. The lowest BCUT2D eigenvalue weighted by Gasteiger charge is -2.07. The van der Waals surface area contributed by atoms with E-state index in [1.54, 1.807) is 18.2 Å². The van der Waals surface area contributed by atoms with Crippen LogP contribution in [0.5, 0.6) is 0 Å². The first-order valence-electron chi connectivity index (χ1n) is 8.76. The fourth-order valence-electron chi connectivity index (χ4n) is 3.22. The van der Waals surface area contributed by atoms with E-state index in [-0.39, 0.29) is 24.3 Å².